The first-order chi connectivity index (χ1) is 15.9. The lowest BCUT2D eigenvalue weighted by Crippen LogP contribution is -2.35. The standard InChI is InChI=1S/C27H26N2O3S/c1-16-7-8-22-20(13-25(30)32-26(22)17(16)2)14-28-23-6-4-5-21(18(23)3)27(31)29-11-9-24-19(15-29)10-12-33-24/h4-8,10,12-13,28H,9,11,14-15H2,1-3H3. The van der Waals surface area contributed by atoms with Gasteiger partial charge in [-0.1, -0.05) is 18.2 Å². The number of fused-ring (bicyclic) bond motifs is 2. The molecule has 4 aromatic rings. The molecule has 2 aromatic carbocycles. The van der Waals surface area contributed by atoms with Crippen LogP contribution in [0, 0.1) is 20.8 Å². The molecule has 5 rings (SSSR count). The lowest BCUT2D eigenvalue weighted by Gasteiger charge is -2.28. The molecule has 1 N–H and O–H groups in total. The fourth-order valence-electron chi connectivity index (χ4n) is 4.51. The molecule has 5 nitrogen and oxygen atoms in total. The third-order valence-electron chi connectivity index (χ3n) is 6.65. The molecular weight excluding hydrogens is 432 g/mol. The summed E-state index contributed by atoms with van der Waals surface area (Å²) in [6, 6.07) is 13.5. The van der Waals surface area contributed by atoms with Gasteiger partial charge < -0.3 is 14.6 Å². The number of benzene rings is 2. The van der Waals surface area contributed by atoms with Crippen molar-refractivity contribution in [3.05, 3.63) is 96.5 Å². The van der Waals surface area contributed by atoms with Crippen molar-refractivity contribution in [1.82, 2.24) is 4.90 Å². The van der Waals surface area contributed by atoms with Crippen molar-refractivity contribution in [3.8, 4) is 0 Å². The van der Waals surface area contributed by atoms with Gasteiger partial charge in [-0.2, -0.15) is 0 Å². The minimum absolute atomic E-state index is 0.0601. The van der Waals surface area contributed by atoms with E-state index < -0.39 is 0 Å². The van der Waals surface area contributed by atoms with E-state index >= 15 is 0 Å². The number of carbonyl (C=O) groups excluding carboxylic acids is 1. The summed E-state index contributed by atoms with van der Waals surface area (Å²) in [5, 5.41) is 6.47. The number of amides is 1. The fourth-order valence-corrected chi connectivity index (χ4v) is 5.40. The van der Waals surface area contributed by atoms with Crippen molar-refractivity contribution in [3.63, 3.8) is 0 Å². The molecule has 1 aliphatic heterocycles. The van der Waals surface area contributed by atoms with Crippen LogP contribution in [0.25, 0.3) is 11.0 Å². The van der Waals surface area contributed by atoms with Crippen LogP contribution in [0.1, 0.15) is 43.1 Å². The highest BCUT2D eigenvalue weighted by Gasteiger charge is 2.24. The largest absolute Gasteiger partial charge is 0.422 e. The maximum Gasteiger partial charge on any atom is 0.336 e. The summed E-state index contributed by atoms with van der Waals surface area (Å²) in [4.78, 5) is 28.8. The third-order valence-corrected chi connectivity index (χ3v) is 7.67. The number of nitrogens with zero attached hydrogens (tertiary/aromatic N) is 1. The number of aryl methyl sites for hydroxylation is 2. The predicted molar refractivity (Wildman–Crippen MR) is 133 cm³/mol. The smallest absolute Gasteiger partial charge is 0.336 e. The quantitative estimate of drug-likeness (QED) is 0.405. The van der Waals surface area contributed by atoms with Gasteiger partial charge in [0.2, 0.25) is 0 Å². The Balaban J connectivity index is 1.40. The third kappa shape index (κ3) is 3.95. The molecular formula is C27H26N2O3S. The van der Waals surface area contributed by atoms with Crippen molar-refractivity contribution in [1.29, 1.82) is 0 Å². The molecule has 2 aromatic heterocycles. The van der Waals surface area contributed by atoms with Crippen LogP contribution in [0.4, 0.5) is 5.69 Å². The predicted octanol–water partition coefficient (Wildman–Crippen LogP) is 5.59. The number of rotatable bonds is 4. The lowest BCUT2D eigenvalue weighted by molar-refractivity contribution is 0.0735. The van der Waals surface area contributed by atoms with E-state index in [1.165, 1.54) is 10.4 Å². The van der Waals surface area contributed by atoms with Gasteiger partial charge in [0.25, 0.3) is 5.91 Å². The minimum Gasteiger partial charge on any atom is -0.422 e. The number of nitrogens with one attached hydrogen (secondary N) is 1. The number of anilines is 1. The lowest BCUT2D eigenvalue weighted by atomic mass is 10.0. The van der Waals surface area contributed by atoms with Crippen molar-refractivity contribution < 1.29 is 9.21 Å². The molecule has 168 valence electrons. The Morgan fingerprint density at radius 3 is 2.82 bits per heavy atom. The molecule has 0 atom stereocenters. The zero-order valence-corrected chi connectivity index (χ0v) is 19.8. The van der Waals surface area contributed by atoms with Crippen molar-refractivity contribution >= 4 is 33.9 Å². The first-order valence-electron chi connectivity index (χ1n) is 11.1. The van der Waals surface area contributed by atoms with E-state index in [2.05, 4.69) is 16.8 Å². The van der Waals surface area contributed by atoms with E-state index in [1.54, 1.807) is 17.4 Å². The zero-order chi connectivity index (χ0) is 23.1. The van der Waals surface area contributed by atoms with Gasteiger partial charge in [-0.3, -0.25) is 4.79 Å². The molecule has 1 aliphatic rings. The van der Waals surface area contributed by atoms with E-state index in [0.29, 0.717) is 24.2 Å². The molecule has 0 aliphatic carbocycles. The number of carbonyl (C=O) groups is 1. The van der Waals surface area contributed by atoms with Crippen LogP contribution < -0.4 is 10.9 Å². The van der Waals surface area contributed by atoms with Gasteiger partial charge in [0.1, 0.15) is 5.58 Å². The van der Waals surface area contributed by atoms with Crippen LogP contribution in [0.5, 0.6) is 0 Å². The highest BCUT2D eigenvalue weighted by Crippen LogP contribution is 2.28. The summed E-state index contributed by atoms with van der Waals surface area (Å²) in [5.41, 5.74) is 6.99. The molecule has 0 radical (unpaired) electrons. The molecule has 0 unspecified atom stereocenters. The Kier molecular flexibility index (Phi) is 5.54. The number of hydrogen-bond acceptors (Lipinski definition) is 5. The van der Waals surface area contributed by atoms with E-state index in [9.17, 15) is 9.59 Å². The monoisotopic (exact) mass is 458 g/mol. The van der Waals surface area contributed by atoms with Crippen molar-refractivity contribution in [2.24, 2.45) is 0 Å². The molecule has 1 amide bonds. The van der Waals surface area contributed by atoms with E-state index in [1.807, 2.05) is 56.0 Å². The van der Waals surface area contributed by atoms with Crippen LogP contribution in [0.3, 0.4) is 0 Å². The highest BCUT2D eigenvalue weighted by molar-refractivity contribution is 7.10. The molecule has 3 heterocycles. The molecule has 0 saturated heterocycles. The van der Waals surface area contributed by atoms with Crippen LogP contribution in [-0.2, 0) is 19.5 Å². The van der Waals surface area contributed by atoms with Gasteiger partial charge in [-0.15, -0.1) is 11.3 Å². The summed E-state index contributed by atoms with van der Waals surface area (Å²) in [5.74, 6) is 0.0601. The second kappa shape index (κ2) is 8.52. The van der Waals surface area contributed by atoms with E-state index in [4.69, 9.17) is 4.42 Å². The summed E-state index contributed by atoms with van der Waals surface area (Å²) in [6.45, 7) is 7.82. The van der Waals surface area contributed by atoms with Gasteiger partial charge >= 0.3 is 5.63 Å². The Morgan fingerprint density at radius 2 is 1.97 bits per heavy atom. The van der Waals surface area contributed by atoms with E-state index in [0.717, 1.165) is 46.3 Å². The van der Waals surface area contributed by atoms with Gasteiger partial charge in [0.05, 0.1) is 0 Å². The molecule has 0 bridgehead atoms. The molecule has 33 heavy (non-hydrogen) atoms. The van der Waals surface area contributed by atoms with Crippen LogP contribution in [-0.4, -0.2) is 17.4 Å². The molecule has 0 fully saturated rings. The van der Waals surface area contributed by atoms with Gasteiger partial charge in [0.15, 0.2) is 0 Å². The van der Waals surface area contributed by atoms with Gasteiger partial charge in [0, 0.05) is 47.2 Å². The fraction of sp³-hybridized carbons (Fsp3) is 0.259. The van der Waals surface area contributed by atoms with Crippen LogP contribution in [0.15, 0.2) is 57.1 Å². The topological polar surface area (TPSA) is 62.6 Å². The van der Waals surface area contributed by atoms with Crippen molar-refractivity contribution in [2.45, 2.75) is 40.3 Å². The summed E-state index contributed by atoms with van der Waals surface area (Å²) >= 11 is 1.77. The number of thiophene rings is 1. The second-order valence-electron chi connectivity index (χ2n) is 8.65. The normalized spacial score (nSPS) is 13.2. The highest BCUT2D eigenvalue weighted by atomic mass is 32.1. The molecule has 6 heteroatoms. The maximum atomic E-state index is 13.3. The molecule has 0 saturated carbocycles. The molecule has 0 spiro atoms. The first-order valence-corrected chi connectivity index (χ1v) is 12.0. The van der Waals surface area contributed by atoms with Crippen molar-refractivity contribution in [2.75, 3.05) is 11.9 Å². The van der Waals surface area contributed by atoms with Gasteiger partial charge in [-0.05, 0) is 78.6 Å². The Hall–Kier alpha value is -3.38. The number of hydrogen-bond donors (Lipinski definition) is 1. The van der Waals surface area contributed by atoms with Crippen LogP contribution in [0.2, 0.25) is 0 Å². The minimum atomic E-state index is -0.355. The van der Waals surface area contributed by atoms with Gasteiger partial charge in [-0.25, -0.2) is 4.79 Å². The zero-order valence-electron chi connectivity index (χ0n) is 19.0. The average molecular weight is 459 g/mol. The van der Waals surface area contributed by atoms with E-state index in [-0.39, 0.29) is 11.5 Å². The first kappa shape index (κ1) is 21.5. The summed E-state index contributed by atoms with van der Waals surface area (Å²) in [7, 11) is 0. The summed E-state index contributed by atoms with van der Waals surface area (Å²) < 4.78 is 5.49. The maximum absolute atomic E-state index is 13.3. The Bertz CT molecular complexity index is 1430. The second-order valence-corrected chi connectivity index (χ2v) is 9.65. The SMILES string of the molecule is Cc1ccc2c(CNc3cccc(C(=O)N4CCc5sccc5C4)c3C)cc(=O)oc2c1C. The Labute approximate surface area is 196 Å². The average Bonchev–Trinajstić information content (AvgIpc) is 3.28. The summed E-state index contributed by atoms with van der Waals surface area (Å²) in [6.07, 6.45) is 0.915. The Morgan fingerprint density at radius 1 is 1.12 bits per heavy atom. The van der Waals surface area contributed by atoms with Crippen LogP contribution >= 0.6 is 11.3 Å².